The number of anilines is 1. The number of amides is 1. The van der Waals surface area contributed by atoms with Crippen LogP contribution in [0.2, 0.25) is 5.02 Å². The van der Waals surface area contributed by atoms with Crippen molar-refractivity contribution < 1.29 is 35.9 Å². The number of nitrogens with one attached hydrogen (secondary N) is 1. The third-order valence-electron chi connectivity index (χ3n) is 5.32. The van der Waals surface area contributed by atoms with Gasteiger partial charge in [0.1, 0.15) is 0 Å². The fraction of sp³-hybridized carbons (Fsp3) is 0.409. The Morgan fingerprint density at radius 3 is 2.41 bits per heavy atom. The lowest BCUT2D eigenvalue weighted by atomic mass is 9.89. The maximum atomic E-state index is 13.6. The van der Waals surface area contributed by atoms with Crippen molar-refractivity contribution in [3.05, 3.63) is 64.7 Å². The normalized spacial score (nSPS) is 18.0. The number of carbonyl (C=O) groups is 1. The second kappa shape index (κ2) is 11.5. The Balaban J connectivity index is 0.00000408. The number of nitrogens with zero attached hydrogens (tertiary/aromatic N) is 1. The Kier molecular flexibility index (Phi) is 9.50. The summed E-state index contributed by atoms with van der Waals surface area (Å²) in [5, 5.41) is 2.61. The van der Waals surface area contributed by atoms with Gasteiger partial charge in [-0.25, -0.2) is 4.79 Å². The molecule has 3 rings (SSSR count). The number of piperidine rings is 1. The monoisotopic (exact) mass is 530 g/mol. The molecule has 0 aliphatic carbocycles. The van der Waals surface area contributed by atoms with Crippen LogP contribution in [0.1, 0.15) is 29.9 Å². The lowest BCUT2D eigenvalue weighted by molar-refractivity contribution is -0.207. The Labute approximate surface area is 203 Å². The van der Waals surface area contributed by atoms with Crippen molar-refractivity contribution in [3.63, 3.8) is 0 Å². The number of hydrogen-bond donors (Lipinski definition) is 1. The molecule has 1 N–H and O–H groups in total. The van der Waals surface area contributed by atoms with Crippen LogP contribution in [-0.2, 0) is 10.9 Å². The van der Waals surface area contributed by atoms with Crippen molar-refractivity contribution in [2.45, 2.75) is 37.2 Å². The molecule has 0 aromatic heterocycles. The van der Waals surface area contributed by atoms with Crippen molar-refractivity contribution in [3.8, 4) is 0 Å². The van der Waals surface area contributed by atoms with Gasteiger partial charge in [0.2, 0.25) is 6.10 Å². The molecule has 1 heterocycles. The Bertz CT molecular complexity index is 954. The Morgan fingerprint density at radius 1 is 1.12 bits per heavy atom. The maximum Gasteiger partial charge on any atom is 0.426 e. The minimum atomic E-state index is -4.82. The first-order valence-electron chi connectivity index (χ1n) is 10.1. The van der Waals surface area contributed by atoms with E-state index < -0.39 is 36.7 Å². The molecule has 0 bridgehead atoms. The number of halogens is 8. The van der Waals surface area contributed by atoms with Crippen molar-refractivity contribution in [2.24, 2.45) is 0 Å². The second-order valence-electron chi connectivity index (χ2n) is 7.79. The van der Waals surface area contributed by atoms with Gasteiger partial charge in [-0.1, -0.05) is 29.8 Å². The number of benzene rings is 2. The smallest absolute Gasteiger partial charge is 0.426 e. The average molecular weight is 531 g/mol. The van der Waals surface area contributed by atoms with E-state index in [9.17, 15) is 31.1 Å². The summed E-state index contributed by atoms with van der Waals surface area (Å²) in [5.74, 6) is -0.363. The molecule has 1 unspecified atom stereocenters. The third-order valence-corrected chi connectivity index (χ3v) is 5.57. The van der Waals surface area contributed by atoms with Crippen LogP contribution in [0.3, 0.4) is 0 Å². The quantitative estimate of drug-likeness (QED) is 0.417. The molecule has 1 saturated heterocycles. The molecule has 0 radical (unpaired) electrons. The largest absolute Gasteiger partial charge is 0.435 e. The molecule has 4 nitrogen and oxygen atoms in total. The van der Waals surface area contributed by atoms with E-state index in [0.717, 1.165) is 12.1 Å². The van der Waals surface area contributed by atoms with E-state index in [4.69, 9.17) is 11.6 Å². The first-order valence-corrected chi connectivity index (χ1v) is 10.5. The second-order valence-corrected chi connectivity index (χ2v) is 8.23. The Hall–Kier alpha value is -2.17. The lowest BCUT2D eigenvalue weighted by Gasteiger charge is -2.35. The van der Waals surface area contributed by atoms with E-state index in [1.165, 1.54) is 35.2 Å². The molecule has 1 amide bonds. The van der Waals surface area contributed by atoms with E-state index >= 15 is 0 Å². The van der Waals surface area contributed by atoms with Crippen molar-refractivity contribution >= 4 is 35.8 Å². The highest BCUT2D eigenvalue weighted by Gasteiger charge is 2.44. The van der Waals surface area contributed by atoms with Crippen LogP contribution in [0.15, 0.2) is 48.5 Å². The number of likely N-dealkylation sites (tertiary alicyclic amines) is 1. The summed E-state index contributed by atoms with van der Waals surface area (Å²) >= 11 is 5.73. The molecule has 2 atom stereocenters. The van der Waals surface area contributed by atoms with Gasteiger partial charge in [-0.2, -0.15) is 26.3 Å². The summed E-state index contributed by atoms with van der Waals surface area (Å²) < 4.78 is 84.4. The number of alkyl halides is 6. The van der Waals surface area contributed by atoms with Crippen LogP contribution in [0.25, 0.3) is 0 Å². The highest BCUT2D eigenvalue weighted by molar-refractivity contribution is 6.30. The van der Waals surface area contributed by atoms with Crippen LogP contribution in [0.5, 0.6) is 0 Å². The van der Waals surface area contributed by atoms with Crippen LogP contribution in [-0.4, -0.2) is 42.9 Å². The summed E-state index contributed by atoms with van der Waals surface area (Å²) in [7, 11) is 0. The Morgan fingerprint density at radius 2 is 1.79 bits per heavy atom. The first-order chi connectivity index (χ1) is 15.4. The molecule has 0 saturated carbocycles. The van der Waals surface area contributed by atoms with Gasteiger partial charge in [0, 0.05) is 23.8 Å². The van der Waals surface area contributed by atoms with Crippen molar-refractivity contribution in [1.82, 2.24) is 4.90 Å². The number of hydrogen-bond acceptors (Lipinski definition) is 3. The maximum absolute atomic E-state index is 13.6. The van der Waals surface area contributed by atoms with Gasteiger partial charge in [0.25, 0.3) is 0 Å². The minimum absolute atomic E-state index is 0. The molecule has 1 aliphatic rings. The van der Waals surface area contributed by atoms with Crippen LogP contribution in [0.4, 0.5) is 36.8 Å². The molecule has 12 heteroatoms. The number of carbonyl (C=O) groups excluding carboxylic acids is 1. The predicted molar refractivity (Wildman–Crippen MR) is 119 cm³/mol. The van der Waals surface area contributed by atoms with E-state index in [1.54, 1.807) is 6.07 Å². The highest BCUT2D eigenvalue weighted by atomic mass is 35.5. The molecule has 2 aromatic rings. The molecule has 1 aliphatic heterocycles. The zero-order valence-corrected chi connectivity index (χ0v) is 19.2. The molecule has 2 aromatic carbocycles. The van der Waals surface area contributed by atoms with Crippen molar-refractivity contribution in [1.29, 1.82) is 0 Å². The summed E-state index contributed by atoms with van der Waals surface area (Å²) in [6.45, 7) is -0.187. The van der Waals surface area contributed by atoms with Gasteiger partial charge in [0.15, 0.2) is 0 Å². The summed E-state index contributed by atoms with van der Waals surface area (Å²) in [4.78, 5) is 13.5. The summed E-state index contributed by atoms with van der Waals surface area (Å²) in [6, 6.07) is 10.6. The van der Waals surface area contributed by atoms with Gasteiger partial charge in [0.05, 0.1) is 5.56 Å². The van der Waals surface area contributed by atoms with Gasteiger partial charge < -0.3 is 4.74 Å². The van der Waals surface area contributed by atoms with E-state index in [2.05, 4.69) is 10.1 Å². The van der Waals surface area contributed by atoms with Crippen LogP contribution >= 0.6 is 24.0 Å². The van der Waals surface area contributed by atoms with E-state index in [1.807, 2.05) is 0 Å². The molecule has 34 heavy (non-hydrogen) atoms. The van der Waals surface area contributed by atoms with E-state index in [-0.39, 0.29) is 30.6 Å². The van der Waals surface area contributed by atoms with Gasteiger partial charge in [-0.05, 0) is 61.2 Å². The predicted octanol–water partition coefficient (Wildman–Crippen LogP) is 7.14. The topological polar surface area (TPSA) is 41.6 Å². The SMILES string of the molecule is Cl.O=C(Nc1ccc(Cl)cc1)OC(CN1CCC[C@@H](c2cccc(C(F)(F)F)c2)C1)C(F)(F)F. The number of rotatable bonds is 5. The van der Waals surface area contributed by atoms with Gasteiger partial charge >= 0.3 is 18.4 Å². The molecular weight excluding hydrogens is 509 g/mol. The van der Waals surface area contributed by atoms with Gasteiger partial charge in [-0.15, -0.1) is 12.4 Å². The van der Waals surface area contributed by atoms with Crippen molar-refractivity contribution in [2.75, 3.05) is 25.0 Å². The molecule has 0 spiro atoms. The minimum Gasteiger partial charge on any atom is -0.435 e. The molecular formula is C22H22Cl2F6N2O2. The zero-order valence-electron chi connectivity index (χ0n) is 17.6. The fourth-order valence-corrected chi connectivity index (χ4v) is 3.84. The lowest BCUT2D eigenvalue weighted by Crippen LogP contribution is -2.47. The number of ether oxygens (including phenoxy) is 1. The summed E-state index contributed by atoms with van der Waals surface area (Å²) in [5.41, 5.74) is -0.167. The summed E-state index contributed by atoms with van der Waals surface area (Å²) in [6.07, 6.45) is -11.9. The zero-order chi connectivity index (χ0) is 24.2. The van der Waals surface area contributed by atoms with Gasteiger partial charge in [-0.3, -0.25) is 10.2 Å². The van der Waals surface area contributed by atoms with Crippen LogP contribution in [0, 0.1) is 0 Å². The standard InChI is InChI=1S/C22H21ClF6N2O2.ClH/c23-17-6-8-18(9-7-17)30-20(32)33-19(22(27,28)29)13-31-10-2-4-15(12-31)14-3-1-5-16(11-14)21(24,25)26;/h1,3,5-9,11,15,19H,2,4,10,12-13H2,(H,30,32);1H/t15-,19?;/m1./s1. The molecule has 1 fully saturated rings. The first kappa shape index (κ1) is 28.1. The average Bonchev–Trinajstić information content (AvgIpc) is 2.74. The third kappa shape index (κ3) is 7.95. The fourth-order valence-electron chi connectivity index (χ4n) is 3.71. The highest BCUT2D eigenvalue weighted by Crippen LogP contribution is 2.34. The molecule has 188 valence electrons. The van der Waals surface area contributed by atoms with Crippen LogP contribution < -0.4 is 5.32 Å². The van der Waals surface area contributed by atoms with E-state index in [0.29, 0.717) is 30.0 Å².